The summed E-state index contributed by atoms with van der Waals surface area (Å²) in [5.41, 5.74) is 5.30. The molecule has 0 spiro atoms. The van der Waals surface area contributed by atoms with Crippen molar-refractivity contribution < 1.29 is 19.1 Å². The molecule has 0 aliphatic carbocycles. The van der Waals surface area contributed by atoms with Crippen molar-refractivity contribution in [3.05, 3.63) is 70.7 Å². The van der Waals surface area contributed by atoms with E-state index in [1.54, 1.807) is 31.2 Å². The molecule has 0 saturated heterocycles. The van der Waals surface area contributed by atoms with Gasteiger partial charge in [-0.1, -0.05) is 60.1 Å². The summed E-state index contributed by atoms with van der Waals surface area (Å²) in [5.74, 6) is 0.399. The lowest BCUT2D eigenvalue weighted by Gasteiger charge is -2.17. The van der Waals surface area contributed by atoms with Crippen LogP contribution in [0.25, 0.3) is 10.8 Å². The van der Waals surface area contributed by atoms with Gasteiger partial charge >= 0.3 is 0 Å². The molecule has 2 amide bonds. The molecule has 0 aliphatic heterocycles. The van der Waals surface area contributed by atoms with Gasteiger partial charge in [-0.05, 0) is 66.2 Å². The summed E-state index contributed by atoms with van der Waals surface area (Å²) in [7, 11) is 0. The summed E-state index contributed by atoms with van der Waals surface area (Å²) in [6.45, 7) is 6.12. The Balaban J connectivity index is 1.53. The largest absolute Gasteiger partial charge is 0.492 e. The fourth-order valence-electron chi connectivity index (χ4n) is 2.98. The second-order valence-electron chi connectivity index (χ2n) is 8.01. The number of halogens is 1. The first-order chi connectivity index (χ1) is 16.2. The molecule has 3 aromatic carbocycles. The van der Waals surface area contributed by atoms with E-state index < -0.39 is 17.9 Å². The van der Waals surface area contributed by atoms with Gasteiger partial charge in [0.2, 0.25) is 0 Å². The van der Waals surface area contributed by atoms with Gasteiger partial charge < -0.3 is 9.47 Å². The molecule has 34 heavy (non-hydrogen) atoms. The zero-order valence-corrected chi connectivity index (χ0v) is 21.5. The average molecular weight is 544 g/mol. The van der Waals surface area contributed by atoms with Crippen molar-refractivity contribution in [1.82, 2.24) is 16.2 Å². The van der Waals surface area contributed by atoms with Gasteiger partial charge in [-0.2, -0.15) is 0 Å². The minimum Gasteiger partial charge on any atom is -0.492 e. The van der Waals surface area contributed by atoms with Crippen LogP contribution in [0.1, 0.15) is 31.1 Å². The summed E-state index contributed by atoms with van der Waals surface area (Å²) in [6, 6.07) is 18.6. The Bertz CT molecular complexity index is 1200. The van der Waals surface area contributed by atoms with Crippen molar-refractivity contribution in [1.29, 1.82) is 0 Å². The summed E-state index contributed by atoms with van der Waals surface area (Å²) >= 11 is 8.51. The lowest BCUT2D eigenvalue weighted by atomic mass is 10.1. The highest BCUT2D eigenvalue weighted by Crippen LogP contribution is 2.24. The number of carbonyl (C=O) groups excluding carboxylic acids is 2. The number of ether oxygens (including phenoxy) is 2. The normalized spacial score (nSPS) is 11.6. The minimum absolute atomic E-state index is 0.0639. The molecule has 0 heterocycles. The number of hydrogen-bond donors (Lipinski definition) is 3. The standard InChI is InChI=1S/C25H26BrN3O4S/c1-15(2)14-32-22-11-9-19(26)13-21(22)24(31)27-25(34)29-28-23(30)16(3)33-20-10-8-17-6-4-5-7-18(17)12-20/h4-13,15-16H,14H2,1-3H3,(H,28,30)(H2,27,29,31,34). The van der Waals surface area contributed by atoms with E-state index in [4.69, 9.17) is 21.7 Å². The van der Waals surface area contributed by atoms with Crippen molar-refractivity contribution >= 4 is 55.8 Å². The molecule has 0 bridgehead atoms. The SMILES string of the molecule is CC(C)COc1ccc(Br)cc1C(=O)NC(=S)NNC(=O)C(C)Oc1ccc2ccccc2c1. The predicted octanol–water partition coefficient (Wildman–Crippen LogP) is 4.74. The quantitative estimate of drug-likeness (QED) is 0.294. The van der Waals surface area contributed by atoms with Crippen molar-refractivity contribution in [3.63, 3.8) is 0 Å². The van der Waals surface area contributed by atoms with Crippen molar-refractivity contribution in [2.75, 3.05) is 6.61 Å². The molecule has 3 rings (SSSR count). The lowest BCUT2D eigenvalue weighted by molar-refractivity contribution is -0.127. The van der Waals surface area contributed by atoms with Gasteiger partial charge in [0.25, 0.3) is 11.8 Å². The molecule has 3 aromatic rings. The maximum atomic E-state index is 12.7. The number of hydrogen-bond acceptors (Lipinski definition) is 5. The highest BCUT2D eigenvalue weighted by atomic mass is 79.9. The van der Waals surface area contributed by atoms with E-state index in [1.165, 1.54) is 0 Å². The predicted molar refractivity (Wildman–Crippen MR) is 140 cm³/mol. The molecule has 1 atom stereocenters. The highest BCUT2D eigenvalue weighted by Gasteiger charge is 2.18. The molecular formula is C25H26BrN3O4S. The van der Waals surface area contributed by atoms with Crippen LogP contribution in [0, 0.1) is 5.92 Å². The number of amides is 2. The van der Waals surface area contributed by atoms with E-state index in [0.29, 0.717) is 29.6 Å². The molecule has 3 N–H and O–H groups in total. The Morgan fingerprint density at radius 2 is 1.71 bits per heavy atom. The van der Waals surface area contributed by atoms with Crippen LogP contribution >= 0.6 is 28.1 Å². The number of hydrazine groups is 1. The Kier molecular flexibility index (Phi) is 8.84. The summed E-state index contributed by atoms with van der Waals surface area (Å²) in [6.07, 6.45) is -0.798. The fourth-order valence-corrected chi connectivity index (χ4v) is 3.49. The third-order valence-corrected chi connectivity index (χ3v) is 5.39. The first kappa shape index (κ1) is 25.5. The summed E-state index contributed by atoms with van der Waals surface area (Å²) < 4.78 is 12.2. The van der Waals surface area contributed by atoms with E-state index in [1.807, 2.05) is 50.2 Å². The number of carbonyl (C=O) groups is 2. The second kappa shape index (κ2) is 11.8. The highest BCUT2D eigenvalue weighted by molar-refractivity contribution is 9.10. The molecule has 0 saturated carbocycles. The maximum Gasteiger partial charge on any atom is 0.279 e. The number of thiocarbonyl (C=S) groups is 1. The average Bonchev–Trinajstić information content (AvgIpc) is 2.81. The molecule has 9 heteroatoms. The number of nitrogens with one attached hydrogen (secondary N) is 3. The van der Waals surface area contributed by atoms with E-state index >= 15 is 0 Å². The van der Waals surface area contributed by atoms with Crippen LogP contribution in [0.15, 0.2) is 65.1 Å². The maximum absolute atomic E-state index is 12.7. The molecule has 0 aromatic heterocycles. The Morgan fingerprint density at radius 3 is 2.44 bits per heavy atom. The third-order valence-electron chi connectivity index (χ3n) is 4.69. The topological polar surface area (TPSA) is 88.7 Å². The van der Waals surface area contributed by atoms with Gasteiger partial charge in [0, 0.05) is 4.47 Å². The fraction of sp³-hybridized carbons (Fsp3) is 0.240. The van der Waals surface area contributed by atoms with Gasteiger partial charge in [0.15, 0.2) is 11.2 Å². The number of fused-ring (bicyclic) bond motifs is 1. The molecule has 0 fully saturated rings. The molecule has 7 nitrogen and oxygen atoms in total. The lowest BCUT2D eigenvalue weighted by Crippen LogP contribution is -2.51. The third kappa shape index (κ3) is 7.16. The van der Waals surface area contributed by atoms with E-state index in [9.17, 15) is 9.59 Å². The van der Waals surface area contributed by atoms with Gasteiger partial charge in [-0.15, -0.1) is 0 Å². The zero-order valence-electron chi connectivity index (χ0n) is 19.1. The van der Waals surface area contributed by atoms with E-state index in [2.05, 4.69) is 32.1 Å². The summed E-state index contributed by atoms with van der Waals surface area (Å²) in [4.78, 5) is 25.1. The van der Waals surface area contributed by atoms with Crippen molar-refractivity contribution in [2.45, 2.75) is 26.9 Å². The van der Waals surface area contributed by atoms with Crippen molar-refractivity contribution in [2.24, 2.45) is 5.92 Å². The van der Waals surface area contributed by atoms with E-state index in [0.717, 1.165) is 15.2 Å². The minimum atomic E-state index is -0.798. The molecule has 0 aliphatic rings. The summed E-state index contributed by atoms with van der Waals surface area (Å²) in [5, 5.41) is 4.57. The van der Waals surface area contributed by atoms with Gasteiger partial charge in [0.05, 0.1) is 12.2 Å². The van der Waals surface area contributed by atoms with Gasteiger partial charge in [-0.3, -0.25) is 25.8 Å². The Labute approximate surface area is 212 Å². The van der Waals surface area contributed by atoms with Gasteiger partial charge in [-0.25, -0.2) is 0 Å². The number of benzene rings is 3. The first-order valence-electron chi connectivity index (χ1n) is 10.7. The second-order valence-corrected chi connectivity index (χ2v) is 9.34. The molecule has 0 radical (unpaired) electrons. The zero-order chi connectivity index (χ0) is 24.7. The van der Waals surface area contributed by atoms with Crippen LogP contribution < -0.4 is 25.6 Å². The Morgan fingerprint density at radius 1 is 0.971 bits per heavy atom. The smallest absolute Gasteiger partial charge is 0.279 e. The van der Waals surface area contributed by atoms with Crippen LogP contribution in [-0.2, 0) is 4.79 Å². The molecule has 178 valence electrons. The first-order valence-corrected chi connectivity index (χ1v) is 11.9. The molecule has 1 unspecified atom stereocenters. The van der Waals surface area contributed by atoms with Crippen LogP contribution in [-0.4, -0.2) is 29.6 Å². The van der Waals surface area contributed by atoms with Crippen LogP contribution in [0.2, 0.25) is 0 Å². The van der Waals surface area contributed by atoms with E-state index in [-0.39, 0.29) is 5.11 Å². The van der Waals surface area contributed by atoms with Crippen LogP contribution in [0.4, 0.5) is 0 Å². The van der Waals surface area contributed by atoms with Gasteiger partial charge in [0.1, 0.15) is 11.5 Å². The van der Waals surface area contributed by atoms with Crippen LogP contribution in [0.3, 0.4) is 0 Å². The van der Waals surface area contributed by atoms with Crippen molar-refractivity contribution in [3.8, 4) is 11.5 Å². The van der Waals surface area contributed by atoms with Crippen LogP contribution in [0.5, 0.6) is 11.5 Å². The number of rotatable bonds is 7. The molecular weight excluding hydrogens is 518 g/mol. The monoisotopic (exact) mass is 543 g/mol. The Hall–Kier alpha value is -3.17.